The van der Waals surface area contributed by atoms with E-state index in [1.54, 1.807) is 11.3 Å². The average Bonchev–Trinajstić information content (AvgIpc) is 2.87. The van der Waals surface area contributed by atoms with Crippen LogP contribution in [0.5, 0.6) is 0 Å². The molecule has 0 amide bonds. The van der Waals surface area contributed by atoms with E-state index in [9.17, 15) is 4.79 Å². The van der Waals surface area contributed by atoms with Crippen LogP contribution in [0.25, 0.3) is 20.5 Å². The van der Waals surface area contributed by atoms with E-state index in [1.165, 1.54) is 10.3 Å². The topological polar surface area (TPSA) is 17.1 Å². The summed E-state index contributed by atoms with van der Waals surface area (Å²) in [5.74, 6) is 0.194. The monoisotopic (exact) mass is 264 g/mol. The van der Waals surface area contributed by atoms with Gasteiger partial charge in [-0.05, 0) is 31.5 Å². The van der Waals surface area contributed by atoms with Crippen LogP contribution in [0.1, 0.15) is 27.0 Å². The Kier molecular flexibility index (Phi) is 2.04. The van der Waals surface area contributed by atoms with E-state index in [0.29, 0.717) is 0 Å². The lowest BCUT2D eigenvalue weighted by molar-refractivity contribution is 0.104. The zero-order chi connectivity index (χ0) is 13.1. The smallest absolute Gasteiger partial charge is 0.196 e. The van der Waals surface area contributed by atoms with Crippen molar-refractivity contribution in [1.29, 1.82) is 0 Å². The second-order valence-corrected chi connectivity index (χ2v) is 6.19. The van der Waals surface area contributed by atoms with Gasteiger partial charge in [0.25, 0.3) is 0 Å². The van der Waals surface area contributed by atoms with Gasteiger partial charge in [-0.25, -0.2) is 0 Å². The quantitative estimate of drug-likeness (QED) is 0.449. The number of rotatable bonds is 0. The average molecular weight is 264 g/mol. The standard InChI is InChI=1S/C17H12OS/c1-9-7-10(2)14-12(8-9)17-15(16(14)18)11-5-3-4-6-13(11)19-17/h3-8H,1-2H3. The number of benzene rings is 2. The fraction of sp³-hybridized carbons (Fsp3) is 0.118. The molecule has 3 aromatic rings. The number of fused-ring (bicyclic) bond motifs is 5. The van der Waals surface area contributed by atoms with Gasteiger partial charge in [-0.15, -0.1) is 11.3 Å². The third kappa shape index (κ3) is 1.32. The molecule has 1 heterocycles. The van der Waals surface area contributed by atoms with Gasteiger partial charge >= 0.3 is 0 Å². The summed E-state index contributed by atoms with van der Waals surface area (Å²) >= 11 is 1.73. The first-order valence-electron chi connectivity index (χ1n) is 6.34. The van der Waals surface area contributed by atoms with Gasteiger partial charge < -0.3 is 0 Å². The zero-order valence-electron chi connectivity index (χ0n) is 10.8. The van der Waals surface area contributed by atoms with Crippen LogP contribution < -0.4 is 0 Å². The number of hydrogen-bond donors (Lipinski definition) is 0. The number of hydrogen-bond acceptors (Lipinski definition) is 2. The number of carbonyl (C=O) groups is 1. The molecule has 1 aliphatic carbocycles. The minimum atomic E-state index is 0.194. The first-order valence-corrected chi connectivity index (χ1v) is 7.16. The number of aryl methyl sites for hydroxylation is 2. The summed E-state index contributed by atoms with van der Waals surface area (Å²) in [7, 11) is 0. The maximum absolute atomic E-state index is 12.7. The molecule has 2 aromatic carbocycles. The van der Waals surface area contributed by atoms with Crippen LogP contribution >= 0.6 is 11.3 Å². The predicted octanol–water partition coefficient (Wildman–Crippen LogP) is 4.73. The molecule has 0 saturated heterocycles. The van der Waals surface area contributed by atoms with Crippen LogP contribution in [-0.4, -0.2) is 5.78 Å². The summed E-state index contributed by atoms with van der Waals surface area (Å²) in [6.07, 6.45) is 0. The summed E-state index contributed by atoms with van der Waals surface area (Å²) in [4.78, 5) is 13.8. The van der Waals surface area contributed by atoms with E-state index in [4.69, 9.17) is 0 Å². The molecule has 1 aliphatic rings. The van der Waals surface area contributed by atoms with Crippen molar-refractivity contribution in [2.45, 2.75) is 13.8 Å². The molecular weight excluding hydrogens is 252 g/mol. The molecule has 1 aromatic heterocycles. The maximum Gasteiger partial charge on any atom is 0.196 e. The summed E-state index contributed by atoms with van der Waals surface area (Å²) < 4.78 is 1.20. The van der Waals surface area contributed by atoms with E-state index in [-0.39, 0.29) is 5.78 Å². The Hall–Kier alpha value is -1.93. The molecule has 0 aliphatic heterocycles. The lowest BCUT2D eigenvalue weighted by Crippen LogP contribution is -1.98. The van der Waals surface area contributed by atoms with E-state index in [2.05, 4.69) is 31.2 Å². The van der Waals surface area contributed by atoms with Gasteiger partial charge in [-0.2, -0.15) is 0 Å². The molecule has 19 heavy (non-hydrogen) atoms. The molecule has 0 bridgehead atoms. The van der Waals surface area contributed by atoms with Crippen molar-refractivity contribution >= 4 is 27.2 Å². The van der Waals surface area contributed by atoms with Crippen LogP contribution in [0.15, 0.2) is 36.4 Å². The second-order valence-electron chi connectivity index (χ2n) is 5.14. The van der Waals surface area contributed by atoms with E-state index in [0.717, 1.165) is 32.5 Å². The Morgan fingerprint density at radius 3 is 2.63 bits per heavy atom. The third-order valence-corrected chi connectivity index (χ3v) is 4.98. The molecule has 4 rings (SSSR count). The van der Waals surface area contributed by atoms with Crippen molar-refractivity contribution in [1.82, 2.24) is 0 Å². The van der Waals surface area contributed by atoms with Crippen LogP contribution in [-0.2, 0) is 0 Å². The summed E-state index contributed by atoms with van der Waals surface area (Å²) in [5, 5.41) is 1.10. The van der Waals surface area contributed by atoms with Crippen molar-refractivity contribution in [2.24, 2.45) is 0 Å². The van der Waals surface area contributed by atoms with E-state index in [1.807, 2.05) is 19.1 Å². The Labute approximate surface area is 115 Å². The summed E-state index contributed by atoms with van der Waals surface area (Å²) in [6, 6.07) is 12.4. The van der Waals surface area contributed by atoms with Crippen molar-refractivity contribution in [3.05, 3.63) is 58.7 Å². The van der Waals surface area contributed by atoms with Gasteiger partial charge in [0.1, 0.15) is 0 Å². The third-order valence-electron chi connectivity index (χ3n) is 3.77. The molecule has 92 valence electrons. The minimum Gasteiger partial charge on any atom is -0.288 e. The van der Waals surface area contributed by atoms with Crippen molar-refractivity contribution in [3.8, 4) is 10.4 Å². The zero-order valence-corrected chi connectivity index (χ0v) is 11.6. The second kappa shape index (κ2) is 3.55. The van der Waals surface area contributed by atoms with E-state index < -0.39 is 0 Å². The van der Waals surface area contributed by atoms with Crippen LogP contribution in [0.4, 0.5) is 0 Å². The van der Waals surface area contributed by atoms with Crippen molar-refractivity contribution in [2.75, 3.05) is 0 Å². The Morgan fingerprint density at radius 1 is 1.00 bits per heavy atom. The molecule has 2 heteroatoms. The first-order chi connectivity index (χ1) is 9.16. The Balaban J connectivity index is 2.17. The highest BCUT2D eigenvalue weighted by Crippen LogP contribution is 2.47. The molecule has 1 nitrogen and oxygen atoms in total. The Morgan fingerprint density at radius 2 is 1.79 bits per heavy atom. The van der Waals surface area contributed by atoms with Gasteiger partial charge in [0.15, 0.2) is 5.78 Å². The number of ketones is 1. The fourth-order valence-electron chi connectivity index (χ4n) is 3.03. The molecule has 0 atom stereocenters. The highest BCUT2D eigenvalue weighted by molar-refractivity contribution is 7.23. The molecule has 0 fully saturated rings. The number of carbonyl (C=O) groups excluding carboxylic acids is 1. The van der Waals surface area contributed by atoms with Crippen LogP contribution in [0.2, 0.25) is 0 Å². The normalized spacial score (nSPS) is 12.8. The predicted molar refractivity (Wildman–Crippen MR) is 80.2 cm³/mol. The molecule has 0 spiro atoms. The molecular formula is C17H12OS. The van der Waals surface area contributed by atoms with Crippen LogP contribution in [0, 0.1) is 13.8 Å². The molecule has 0 saturated carbocycles. The van der Waals surface area contributed by atoms with Gasteiger partial charge in [0.2, 0.25) is 0 Å². The molecule has 0 radical (unpaired) electrons. The van der Waals surface area contributed by atoms with Crippen molar-refractivity contribution in [3.63, 3.8) is 0 Å². The largest absolute Gasteiger partial charge is 0.288 e. The van der Waals surface area contributed by atoms with Crippen molar-refractivity contribution < 1.29 is 4.79 Å². The highest BCUT2D eigenvalue weighted by Gasteiger charge is 2.32. The first kappa shape index (κ1) is 10.9. The highest BCUT2D eigenvalue weighted by atomic mass is 32.1. The Bertz CT molecular complexity index is 855. The molecule has 0 unspecified atom stereocenters. The van der Waals surface area contributed by atoms with Gasteiger partial charge in [-0.1, -0.05) is 29.8 Å². The molecule has 0 N–H and O–H groups in total. The van der Waals surface area contributed by atoms with E-state index >= 15 is 0 Å². The number of thiophene rings is 1. The van der Waals surface area contributed by atoms with Gasteiger partial charge in [-0.3, -0.25) is 4.79 Å². The maximum atomic E-state index is 12.7. The summed E-state index contributed by atoms with van der Waals surface area (Å²) in [5.41, 5.74) is 5.24. The lowest BCUT2D eigenvalue weighted by Gasteiger charge is -2.05. The lowest BCUT2D eigenvalue weighted by atomic mass is 10.00. The minimum absolute atomic E-state index is 0.194. The van der Waals surface area contributed by atoms with Gasteiger partial charge in [0, 0.05) is 31.7 Å². The van der Waals surface area contributed by atoms with Crippen LogP contribution in [0.3, 0.4) is 0 Å². The fourth-order valence-corrected chi connectivity index (χ4v) is 4.26. The SMILES string of the molecule is Cc1cc(C)c2c(c1)-c1sc3ccccc3c1C2=O. The summed E-state index contributed by atoms with van der Waals surface area (Å²) in [6.45, 7) is 4.12. The van der Waals surface area contributed by atoms with Gasteiger partial charge in [0.05, 0.1) is 0 Å².